The number of unbranched alkanes of at least 4 members (excludes halogenated alkanes) is 5. The first-order valence-electron chi connectivity index (χ1n) is 9.74. The number of benzene rings is 2. The normalized spacial score (nSPS) is 10.8. The van der Waals surface area contributed by atoms with Crippen molar-refractivity contribution >= 4 is 51.5 Å². The van der Waals surface area contributed by atoms with Gasteiger partial charge >= 0.3 is 0 Å². The Bertz CT molecular complexity index is 902. The van der Waals surface area contributed by atoms with Gasteiger partial charge in [-0.3, -0.25) is 0 Å². The van der Waals surface area contributed by atoms with E-state index in [1.54, 1.807) is 7.11 Å². The summed E-state index contributed by atoms with van der Waals surface area (Å²) < 4.78 is 5.41. The van der Waals surface area contributed by atoms with Gasteiger partial charge in [0.05, 0.1) is 23.8 Å². The first-order valence-corrected chi connectivity index (χ1v) is 10.1. The summed E-state index contributed by atoms with van der Waals surface area (Å²) in [7, 11) is 1.69. The smallest absolute Gasteiger partial charge is 0.119 e. The third-order valence-electron chi connectivity index (χ3n) is 4.88. The Labute approximate surface area is 178 Å². The van der Waals surface area contributed by atoms with Crippen LogP contribution < -0.4 is 15.8 Å². The van der Waals surface area contributed by atoms with Crippen LogP contribution in [0.2, 0.25) is 5.02 Å². The fourth-order valence-electron chi connectivity index (χ4n) is 3.40. The maximum absolute atomic E-state index is 6.18. The highest BCUT2D eigenvalue weighted by atomic mass is 35.5. The predicted molar refractivity (Wildman–Crippen MR) is 123 cm³/mol. The minimum atomic E-state index is 0. The molecule has 1 heterocycles. The molecule has 4 nitrogen and oxygen atoms in total. The van der Waals surface area contributed by atoms with Gasteiger partial charge < -0.3 is 15.8 Å². The second-order valence-corrected chi connectivity index (χ2v) is 7.30. The lowest BCUT2D eigenvalue weighted by molar-refractivity contribution is 0.415. The Hall–Kier alpha value is -1.75. The molecule has 152 valence electrons. The molecule has 0 fully saturated rings. The molecular weight excluding hydrogens is 393 g/mol. The molecule has 3 N–H and O–H groups in total. The number of ether oxygens (including phenoxy) is 1. The number of nitrogens with one attached hydrogen (secondary N) is 1. The van der Waals surface area contributed by atoms with Crippen molar-refractivity contribution in [3.05, 3.63) is 41.4 Å². The molecule has 0 spiro atoms. The Balaban J connectivity index is 0.00000280. The highest BCUT2D eigenvalue weighted by Gasteiger charge is 2.10. The van der Waals surface area contributed by atoms with Crippen LogP contribution in [0.25, 0.3) is 21.8 Å². The molecule has 0 amide bonds. The van der Waals surface area contributed by atoms with Crippen LogP contribution >= 0.6 is 24.0 Å². The summed E-state index contributed by atoms with van der Waals surface area (Å²) in [5.41, 5.74) is 8.50. The number of halogens is 2. The zero-order chi connectivity index (χ0) is 19.1. The Morgan fingerprint density at radius 2 is 1.68 bits per heavy atom. The number of nitrogens with zero attached hydrogens (tertiary/aromatic N) is 1. The van der Waals surface area contributed by atoms with Gasteiger partial charge in [-0.05, 0) is 55.8 Å². The zero-order valence-corrected chi connectivity index (χ0v) is 17.9. The molecule has 0 aliphatic carbocycles. The number of hydrogen-bond donors (Lipinski definition) is 2. The summed E-state index contributed by atoms with van der Waals surface area (Å²) in [5.74, 6) is 0.834. The van der Waals surface area contributed by atoms with Gasteiger partial charge in [-0.15, -0.1) is 12.4 Å². The standard InChI is InChI=1S/C22H28ClN3O.ClH/c1-27-17-9-11-20-19(15-17)22(18-10-8-16(23)14-21(18)26-20)25-13-7-5-3-2-4-6-12-24;/h8-11,14-15H,2-7,12-13,24H2,1H3,(H,25,26);1H. The van der Waals surface area contributed by atoms with Crippen LogP contribution in [0.5, 0.6) is 5.75 Å². The van der Waals surface area contributed by atoms with Crippen molar-refractivity contribution < 1.29 is 4.74 Å². The van der Waals surface area contributed by atoms with Gasteiger partial charge in [-0.25, -0.2) is 4.98 Å². The lowest BCUT2D eigenvalue weighted by Crippen LogP contribution is -2.04. The molecule has 3 rings (SSSR count). The van der Waals surface area contributed by atoms with Crippen molar-refractivity contribution in [3.63, 3.8) is 0 Å². The van der Waals surface area contributed by atoms with E-state index in [2.05, 4.69) is 5.32 Å². The van der Waals surface area contributed by atoms with E-state index in [-0.39, 0.29) is 12.4 Å². The molecule has 0 saturated heterocycles. The summed E-state index contributed by atoms with van der Waals surface area (Å²) in [4.78, 5) is 4.77. The fraction of sp³-hybridized carbons (Fsp3) is 0.409. The summed E-state index contributed by atoms with van der Waals surface area (Å²) in [6, 6.07) is 11.9. The molecule has 0 radical (unpaired) electrons. The SMILES string of the molecule is COc1ccc2nc3cc(Cl)ccc3c(NCCCCCCCCN)c2c1.Cl. The maximum atomic E-state index is 6.18. The quantitative estimate of drug-likeness (QED) is 0.302. The van der Waals surface area contributed by atoms with Crippen molar-refractivity contribution in [1.29, 1.82) is 0 Å². The first-order chi connectivity index (χ1) is 13.2. The first kappa shape index (κ1) is 22.5. The van der Waals surface area contributed by atoms with E-state index in [0.29, 0.717) is 5.02 Å². The van der Waals surface area contributed by atoms with Crippen molar-refractivity contribution in [2.24, 2.45) is 5.73 Å². The van der Waals surface area contributed by atoms with E-state index in [4.69, 9.17) is 27.1 Å². The third-order valence-corrected chi connectivity index (χ3v) is 5.11. The molecule has 0 aliphatic heterocycles. The molecule has 0 bridgehead atoms. The number of methoxy groups -OCH3 is 1. The van der Waals surface area contributed by atoms with Gasteiger partial charge in [0.1, 0.15) is 5.75 Å². The van der Waals surface area contributed by atoms with Crippen LogP contribution in [-0.4, -0.2) is 25.2 Å². The predicted octanol–water partition coefficient (Wildman–Crippen LogP) is 6.18. The number of aromatic nitrogens is 1. The summed E-state index contributed by atoms with van der Waals surface area (Å²) >= 11 is 6.18. The lowest BCUT2D eigenvalue weighted by atomic mass is 10.1. The van der Waals surface area contributed by atoms with Gasteiger partial charge in [0.25, 0.3) is 0 Å². The number of anilines is 1. The molecule has 0 aliphatic rings. The van der Waals surface area contributed by atoms with E-state index >= 15 is 0 Å². The highest BCUT2D eigenvalue weighted by Crippen LogP contribution is 2.34. The van der Waals surface area contributed by atoms with Crippen molar-refractivity contribution in [2.45, 2.75) is 38.5 Å². The molecule has 28 heavy (non-hydrogen) atoms. The molecule has 0 atom stereocenters. The number of fused-ring (bicyclic) bond motifs is 2. The van der Waals surface area contributed by atoms with Gasteiger partial charge in [0.2, 0.25) is 0 Å². The van der Waals surface area contributed by atoms with Crippen LogP contribution in [0, 0.1) is 0 Å². The van der Waals surface area contributed by atoms with Gasteiger partial charge in [0, 0.05) is 22.3 Å². The summed E-state index contributed by atoms with van der Waals surface area (Å²) in [6.07, 6.45) is 7.29. The van der Waals surface area contributed by atoms with Crippen molar-refractivity contribution in [2.75, 3.05) is 25.5 Å². The van der Waals surface area contributed by atoms with Crippen LogP contribution in [0.1, 0.15) is 38.5 Å². The highest BCUT2D eigenvalue weighted by molar-refractivity contribution is 6.31. The molecule has 2 aromatic carbocycles. The Morgan fingerprint density at radius 3 is 2.43 bits per heavy atom. The van der Waals surface area contributed by atoms with E-state index in [9.17, 15) is 0 Å². The molecular formula is C22H29Cl2N3O. The zero-order valence-electron chi connectivity index (χ0n) is 16.3. The average Bonchev–Trinajstić information content (AvgIpc) is 2.68. The number of pyridine rings is 1. The van der Waals surface area contributed by atoms with Crippen molar-refractivity contribution in [3.8, 4) is 5.75 Å². The number of nitrogens with two attached hydrogens (primary N) is 1. The van der Waals surface area contributed by atoms with Crippen LogP contribution in [0.15, 0.2) is 36.4 Å². The second kappa shape index (κ2) is 11.3. The maximum Gasteiger partial charge on any atom is 0.119 e. The monoisotopic (exact) mass is 421 g/mol. The topological polar surface area (TPSA) is 60.2 Å². The van der Waals surface area contributed by atoms with Gasteiger partial charge in [0.15, 0.2) is 0 Å². The molecule has 0 unspecified atom stereocenters. The van der Waals surface area contributed by atoms with Gasteiger partial charge in [-0.2, -0.15) is 0 Å². The molecule has 3 aromatic rings. The third kappa shape index (κ3) is 5.63. The fourth-order valence-corrected chi connectivity index (χ4v) is 3.57. The van der Waals surface area contributed by atoms with E-state index in [1.165, 1.54) is 25.7 Å². The molecule has 1 aromatic heterocycles. The minimum absolute atomic E-state index is 0. The van der Waals surface area contributed by atoms with E-state index < -0.39 is 0 Å². The van der Waals surface area contributed by atoms with E-state index in [1.807, 2.05) is 36.4 Å². The number of hydrogen-bond acceptors (Lipinski definition) is 4. The molecule has 0 saturated carbocycles. The van der Waals surface area contributed by atoms with Crippen LogP contribution in [0.3, 0.4) is 0 Å². The second-order valence-electron chi connectivity index (χ2n) is 6.87. The number of rotatable bonds is 10. The molecule has 6 heteroatoms. The Morgan fingerprint density at radius 1 is 0.929 bits per heavy atom. The average molecular weight is 422 g/mol. The van der Waals surface area contributed by atoms with Crippen molar-refractivity contribution in [1.82, 2.24) is 4.98 Å². The minimum Gasteiger partial charge on any atom is -0.497 e. The summed E-state index contributed by atoms with van der Waals surface area (Å²) in [6.45, 7) is 1.74. The lowest BCUT2D eigenvalue weighted by Gasteiger charge is -2.14. The van der Waals surface area contributed by atoms with Crippen LogP contribution in [0.4, 0.5) is 5.69 Å². The summed E-state index contributed by atoms with van der Waals surface area (Å²) in [5, 5.41) is 6.51. The Kier molecular flexibility index (Phi) is 9.10. The van der Waals surface area contributed by atoms with E-state index in [0.717, 1.165) is 59.2 Å². The van der Waals surface area contributed by atoms with Gasteiger partial charge in [-0.1, -0.05) is 37.3 Å². The largest absolute Gasteiger partial charge is 0.497 e. The van der Waals surface area contributed by atoms with Crippen LogP contribution in [-0.2, 0) is 0 Å².